The van der Waals surface area contributed by atoms with Crippen molar-refractivity contribution in [2.24, 2.45) is 5.73 Å². The van der Waals surface area contributed by atoms with Crippen LogP contribution in [0, 0.1) is 0 Å². The smallest absolute Gasteiger partial charge is 0.175 e. The number of benzene rings is 1. The number of hydrogen-bond donors (Lipinski definition) is 2. The number of sulfone groups is 1. The van der Waals surface area contributed by atoms with Crippen LogP contribution in [0.25, 0.3) is 0 Å². The molecule has 0 aliphatic carbocycles. The average molecular weight is 247 g/mol. The van der Waals surface area contributed by atoms with E-state index in [1.807, 2.05) is 0 Å². The van der Waals surface area contributed by atoms with Crippen LogP contribution in [0.1, 0.15) is 11.7 Å². The van der Waals surface area contributed by atoms with Gasteiger partial charge in [-0.3, -0.25) is 0 Å². The predicted molar refractivity (Wildman–Crippen MR) is 58.5 cm³/mol. The van der Waals surface area contributed by atoms with Gasteiger partial charge in [-0.1, -0.05) is 12.1 Å². The Hall–Kier alpha value is -0.980. The number of alkyl halides is 1. The van der Waals surface area contributed by atoms with E-state index >= 15 is 0 Å². The SMILES string of the molecule is CS(=O)(=O)c1ccc(C(O)C(N)CF)cc1. The first-order valence-electron chi connectivity index (χ1n) is 4.66. The molecule has 0 radical (unpaired) electrons. The maximum absolute atomic E-state index is 12.2. The molecule has 2 unspecified atom stereocenters. The molecule has 0 aliphatic rings. The Balaban J connectivity index is 2.96. The Labute approximate surface area is 93.8 Å². The van der Waals surface area contributed by atoms with Gasteiger partial charge in [-0.2, -0.15) is 0 Å². The van der Waals surface area contributed by atoms with Crippen LogP contribution in [0.2, 0.25) is 0 Å². The molecule has 3 N–H and O–H groups in total. The molecular weight excluding hydrogens is 233 g/mol. The van der Waals surface area contributed by atoms with Crippen LogP contribution in [0.3, 0.4) is 0 Å². The Kier molecular flexibility index (Phi) is 4.01. The van der Waals surface area contributed by atoms with E-state index in [9.17, 15) is 17.9 Å². The van der Waals surface area contributed by atoms with Crippen molar-refractivity contribution in [2.75, 3.05) is 12.9 Å². The molecule has 0 heterocycles. The van der Waals surface area contributed by atoms with Gasteiger partial charge in [0.1, 0.15) is 6.67 Å². The summed E-state index contributed by atoms with van der Waals surface area (Å²) in [5, 5.41) is 9.57. The summed E-state index contributed by atoms with van der Waals surface area (Å²) in [6, 6.07) is 4.58. The van der Waals surface area contributed by atoms with E-state index < -0.39 is 28.7 Å². The standard InChI is InChI=1S/C10H14FNO3S/c1-16(14,15)8-4-2-7(3-5-8)10(13)9(12)6-11/h2-5,9-10,13H,6,12H2,1H3. The molecule has 0 saturated carbocycles. The van der Waals surface area contributed by atoms with Gasteiger partial charge in [0.15, 0.2) is 9.84 Å². The van der Waals surface area contributed by atoms with Gasteiger partial charge in [0.05, 0.1) is 17.0 Å². The van der Waals surface area contributed by atoms with Crippen molar-refractivity contribution in [1.29, 1.82) is 0 Å². The van der Waals surface area contributed by atoms with Crippen LogP contribution < -0.4 is 5.73 Å². The van der Waals surface area contributed by atoms with Gasteiger partial charge < -0.3 is 10.8 Å². The summed E-state index contributed by atoms with van der Waals surface area (Å²) in [7, 11) is -3.26. The highest BCUT2D eigenvalue weighted by Gasteiger charge is 2.17. The van der Waals surface area contributed by atoms with Gasteiger partial charge in [0.2, 0.25) is 0 Å². The van der Waals surface area contributed by atoms with E-state index in [-0.39, 0.29) is 4.90 Å². The monoisotopic (exact) mass is 247 g/mol. The van der Waals surface area contributed by atoms with Crippen LogP contribution in [-0.4, -0.2) is 32.5 Å². The first-order valence-corrected chi connectivity index (χ1v) is 6.55. The summed E-state index contributed by atoms with van der Waals surface area (Å²) in [5.41, 5.74) is 5.73. The lowest BCUT2D eigenvalue weighted by molar-refractivity contribution is 0.132. The minimum atomic E-state index is -3.26. The molecule has 1 rings (SSSR count). The van der Waals surface area contributed by atoms with Gasteiger partial charge in [0.25, 0.3) is 0 Å². The molecule has 6 heteroatoms. The Morgan fingerprint density at radius 2 is 1.88 bits per heavy atom. The van der Waals surface area contributed by atoms with Crippen LogP contribution >= 0.6 is 0 Å². The molecule has 0 fully saturated rings. The van der Waals surface area contributed by atoms with Gasteiger partial charge in [0, 0.05) is 6.26 Å². The van der Waals surface area contributed by atoms with Gasteiger partial charge in [-0.15, -0.1) is 0 Å². The summed E-state index contributed by atoms with van der Waals surface area (Å²) < 4.78 is 34.5. The lowest BCUT2D eigenvalue weighted by Crippen LogP contribution is -2.30. The number of halogens is 1. The van der Waals surface area contributed by atoms with Crippen molar-refractivity contribution in [3.05, 3.63) is 29.8 Å². The van der Waals surface area contributed by atoms with Gasteiger partial charge in [-0.05, 0) is 17.7 Å². The largest absolute Gasteiger partial charge is 0.387 e. The minimum Gasteiger partial charge on any atom is -0.387 e. The zero-order valence-electron chi connectivity index (χ0n) is 8.80. The molecule has 0 bridgehead atoms. The first-order chi connectivity index (χ1) is 7.36. The van der Waals surface area contributed by atoms with Crippen molar-refractivity contribution in [1.82, 2.24) is 0 Å². The summed E-state index contributed by atoms with van der Waals surface area (Å²) >= 11 is 0. The predicted octanol–water partition coefficient (Wildman–Crippen LogP) is 0.420. The maximum atomic E-state index is 12.2. The highest BCUT2D eigenvalue weighted by Crippen LogP contribution is 2.18. The zero-order valence-corrected chi connectivity index (χ0v) is 9.61. The summed E-state index contributed by atoms with van der Waals surface area (Å²) in [4.78, 5) is 0.150. The first kappa shape index (κ1) is 13.1. The molecule has 16 heavy (non-hydrogen) atoms. The number of nitrogens with two attached hydrogens (primary N) is 1. The van der Waals surface area contributed by atoms with Crippen LogP contribution in [0.5, 0.6) is 0 Å². The lowest BCUT2D eigenvalue weighted by Gasteiger charge is -2.16. The highest BCUT2D eigenvalue weighted by atomic mass is 32.2. The minimum absolute atomic E-state index is 0.150. The molecule has 90 valence electrons. The van der Waals surface area contributed by atoms with E-state index in [1.165, 1.54) is 24.3 Å². The van der Waals surface area contributed by atoms with Gasteiger partial charge >= 0.3 is 0 Å². The molecule has 0 saturated heterocycles. The Morgan fingerprint density at radius 1 is 1.38 bits per heavy atom. The normalized spacial score (nSPS) is 15.8. The highest BCUT2D eigenvalue weighted by molar-refractivity contribution is 7.90. The second-order valence-corrected chi connectivity index (χ2v) is 5.62. The average Bonchev–Trinajstić information content (AvgIpc) is 2.26. The van der Waals surface area contributed by atoms with E-state index in [4.69, 9.17) is 5.73 Å². The van der Waals surface area contributed by atoms with Crippen LogP contribution in [0.4, 0.5) is 4.39 Å². The summed E-state index contributed by atoms with van der Waals surface area (Å²) in [6.07, 6.45) is -0.0373. The van der Waals surface area contributed by atoms with E-state index in [0.29, 0.717) is 5.56 Å². The Morgan fingerprint density at radius 3 is 2.25 bits per heavy atom. The van der Waals surface area contributed by atoms with Crippen molar-refractivity contribution in [3.8, 4) is 0 Å². The van der Waals surface area contributed by atoms with E-state index in [0.717, 1.165) is 6.26 Å². The molecule has 1 aromatic carbocycles. The number of hydrogen-bond acceptors (Lipinski definition) is 4. The number of rotatable bonds is 4. The molecule has 2 atom stereocenters. The molecule has 0 spiro atoms. The van der Waals surface area contributed by atoms with Crippen LogP contribution in [0.15, 0.2) is 29.2 Å². The molecule has 0 aliphatic heterocycles. The zero-order chi connectivity index (χ0) is 12.3. The molecule has 4 nitrogen and oxygen atoms in total. The third kappa shape index (κ3) is 3.01. The second kappa shape index (κ2) is 4.90. The van der Waals surface area contributed by atoms with E-state index in [1.54, 1.807) is 0 Å². The second-order valence-electron chi connectivity index (χ2n) is 3.60. The lowest BCUT2D eigenvalue weighted by atomic mass is 10.0. The Bertz CT molecular complexity index is 444. The topological polar surface area (TPSA) is 80.4 Å². The molecule has 0 aromatic heterocycles. The summed E-state index contributed by atoms with van der Waals surface area (Å²) in [5.74, 6) is 0. The summed E-state index contributed by atoms with van der Waals surface area (Å²) in [6.45, 7) is -0.838. The number of aliphatic hydroxyl groups is 1. The van der Waals surface area contributed by atoms with Crippen molar-refractivity contribution < 1.29 is 17.9 Å². The molecule has 0 amide bonds. The fourth-order valence-corrected chi connectivity index (χ4v) is 1.87. The quantitative estimate of drug-likeness (QED) is 0.808. The molecule has 1 aromatic rings. The molecular formula is C10H14FNO3S. The maximum Gasteiger partial charge on any atom is 0.175 e. The van der Waals surface area contributed by atoms with E-state index in [2.05, 4.69) is 0 Å². The van der Waals surface area contributed by atoms with Crippen LogP contribution in [-0.2, 0) is 9.84 Å². The van der Waals surface area contributed by atoms with Gasteiger partial charge in [-0.25, -0.2) is 12.8 Å². The van der Waals surface area contributed by atoms with Crippen molar-refractivity contribution in [3.63, 3.8) is 0 Å². The fraction of sp³-hybridized carbons (Fsp3) is 0.400. The third-order valence-corrected chi connectivity index (χ3v) is 3.36. The van der Waals surface area contributed by atoms with Crippen molar-refractivity contribution in [2.45, 2.75) is 17.0 Å². The van der Waals surface area contributed by atoms with Crippen molar-refractivity contribution >= 4 is 9.84 Å². The number of aliphatic hydroxyl groups excluding tert-OH is 1. The third-order valence-electron chi connectivity index (χ3n) is 2.23. The fourth-order valence-electron chi connectivity index (χ4n) is 1.24.